The molecule has 3 N–H and O–H groups in total. The monoisotopic (exact) mass is 250 g/mol. The molecule has 1 amide bonds. The average molecular weight is 250 g/mol. The molecule has 0 aliphatic carbocycles. The summed E-state index contributed by atoms with van der Waals surface area (Å²) in [5.74, 6) is -1.91. The van der Waals surface area contributed by atoms with Crippen molar-refractivity contribution in [1.29, 1.82) is 0 Å². The van der Waals surface area contributed by atoms with Gasteiger partial charge in [0.05, 0.1) is 11.4 Å². The van der Waals surface area contributed by atoms with E-state index in [0.29, 0.717) is 0 Å². The number of hydrogen-bond acceptors (Lipinski definition) is 5. The SMILES string of the molecule is CC(=O)C1=C(C(C)=O)NC(C(C)=O)=C(C(N)=O)C1. The molecule has 0 atom stereocenters. The number of primary amides is 1. The van der Waals surface area contributed by atoms with Gasteiger partial charge in [0, 0.05) is 31.4 Å². The first-order chi connectivity index (χ1) is 8.25. The van der Waals surface area contributed by atoms with Gasteiger partial charge in [-0.25, -0.2) is 0 Å². The highest BCUT2D eigenvalue weighted by Crippen LogP contribution is 2.24. The molecular formula is C12H14N2O4. The first kappa shape index (κ1) is 13.8. The molecule has 0 unspecified atom stereocenters. The summed E-state index contributed by atoms with van der Waals surface area (Å²) in [7, 11) is 0. The number of nitrogens with two attached hydrogens (primary N) is 1. The van der Waals surface area contributed by atoms with Crippen LogP contribution in [0.4, 0.5) is 0 Å². The third-order valence-corrected chi connectivity index (χ3v) is 2.63. The quantitative estimate of drug-likeness (QED) is 0.715. The van der Waals surface area contributed by atoms with Gasteiger partial charge in [0.2, 0.25) is 5.91 Å². The Kier molecular flexibility index (Phi) is 3.80. The minimum Gasteiger partial charge on any atom is -0.366 e. The van der Waals surface area contributed by atoms with Gasteiger partial charge in [-0.05, 0) is 6.92 Å². The topological polar surface area (TPSA) is 106 Å². The summed E-state index contributed by atoms with van der Waals surface area (Å²) in [6, 6.07) is 0. The van der Waals surface area contributed by atoms with E-state index in [0.717, 1.165) is 0 Å². The number of allylic oxidation sites excluding steroid dienone is 3. The minimum atomic E-state index is -0.783. The molecule has 0 aromatic heterocycles. The Labute approximate surface area is 104 Å². The molecule has 6 nitrogen and oxygen atoms in total. The molecule has 18 heavy (non-hydrogen) atoms. The Balaban J connectivity index is 3.35. The van der Waals surface area contributed by atoms with Gasteiger partial charge in [0.25, 0.3) is 0 Å². The van der Waals surface area contributed by atoms with Gasteiger partial charge < -0.3 is 11.1 Å². The van der Waals surface area contributed by atoms with Crippen molar-refractivity contribution in [3.05, 3.63) is 22.5 Å². The Bertz CT molecular complexity index is 434. The van der Waals surface area contributed by atoms with Crippen LogP contribution in [-0.4, -0.2) is 23.3 Å². The largest absolute Gasteiger partial charge is 0.366 e. The molecule has 0 radical (unpaired) electrons. The summed E-state index contributed by atoms with van der Waals surface area (Å²) in [6.07, 6.45) is -0.0957. The highest BCUT2D eigenvalue weighted by atomic mass is 16.2. The van der Waals surface area contributed by atoms with Crippen molar-refractivity contribution in [2.45, 2.75) is 27.2 Å². The second-order valence-electron chi connectivity index (χ2n) is 4.04. The first-order valence-electron chi connectivity index (χ1n) is 5.31. The Morgan fingerprint density at radius 2 is 1.33 bits per heavy atom. The first-order valence-corrected chi connectivity index (χ1v) is 5.31. The van der Waals surface area contributed by atoms with Crippen molar-refractivity contribution in [3.8, 4) is 0 Å². The van der Waals surface area contributed by atoms with Crippen molar-refractivity contribution < 1.29 is 19.2 Å². The molecule has 0 aromatic rings. The number of rotatable bonds is 4. The van der Waals surface area contributed by atoms with E-state index < -0.39 is 11.7 Å². The predicted molar refractivity (Wildman–Crippen MR) is 63.0 cm³/mol. The molecule has 1 aliphatic rings. The number of hydrogen-bond donors (Lipinski definition) is 2. The van der Waals surface area contributed by atoms with Gasteiger partial charge in [-0.1, -0.05) is 0 Å². The predicted octanol–water partition coefficient (Wildman–Crippen LogP) is -0.260. The van der Waals surface area contributed by atoms with E-state index in [4.69, 9.17) is 5.73 Å². The fraction of sp³-hybridized carbons (Fsp3) is 0.333. The summed E-state index contributed by atoms with van der Waals surface area (Å²) in [5, 5.41) is 2.55. The number of carbonyl (C=O) groups excluding carboxylic acids is 4. The number of ketones is 3. The molecule has 0 saturated carbocycles. The second kappa shape index (κ2) is 4.95. The fourth-order valence-electron chi connectivity index (χ4n) is 1.74. The molecule has 1 heterocycles. The number of nitrogens with one attached hydrogen (secondary N) is 1. The third-order valence-electron chi connectivity index (χ3n) is 2.63. The molecule has 6 heteroatoms. The lowest BCUT2D eigenvalue weighted by molar-refractivity contribution is -0.118. The van der Waals surface area contributed by atoms with Crippen molar-refractivity contribution >= 4 is 23.3 Å². The van der Waals surface area contributed by atoms with Crippen LogP contribution in [0.25, 0.3) is 0 Å². The van der Waals surface area contributed by atoms with Crippen LogP contribution >= 0.6 is 0 Å². The van der Waals surface area contributed by atoms with Crippen LogP contribution in [0.15, 0.2) is 22.5 Å². The zero-order chi connectivity index (χ0) is 14.0. The van der Waals surface area contributed by atoms with Gasteiger partial charge in [-0.15, -0.1) is 0 Å². The summed E-state index contributed by atoms with van der Waals surface area (Å²) in [4.78, 5) is 45.6. The lowest BCUT2D eigenvalue weighted by Gasteiger charge is -2.22. The third kappa shape index (κ3) is 2.53. The van der Waals surface area contributed by atoms with Crippen LogP contribution in [0.2, 0.25) is 0 Å². The number of carbonyl (C=O) groups is 4. The molecular weight excluding hydrogens is 236 g/mol. The standard InChI is InChI=1S/C12H14N2O4/c1-5(15)8-4-9(12(13)18)11(7(3)17)14-10(8)6(2)16/h14H,4H2,1-3H3,(H2,13,18). The number of amides is 1. The van der Waals surface area contributed by atoms with Crippen molar-refractivity contribution in [2.24, 2.45) is 5.73 Å². The van der Waals surface area contributed by atoms with Gasteiger partial charge in [-0.2, -0.15) is 0 Å². The average Bonchev–Trinajstić information content (AvgIpc) is 2.26. The second-order valence-corrected chi connectivity index (χ2v) is 4.04. The zero-order valence-electron chi connectivity index (χ0n) is 10.4. The fourth-order valence-corrected chi connectivity index (χ4v) is 1.74. The van der Waals surface area contributed by atoms with Crippen molar-refractivity contribution in [3.63, 3.8) is 0 Å². The van der Waals surface area contributed by atoms with E-state index in [1.807, 2.05) is 0 Å². The molecule has 0 fully saturated rings. The van der Waals surface area contributed by atoms with Crippen molar-refractivity contribution in [1.82, 2.24) is 5.32 Å². The van der Waals surface area contributed by atoms with Gasteiger partial charge >= 0.3 is 0 Å². The van der Waals surface area contributed by atoms with E-state index in [-0.39, 0.29) is 40.5 Å². The molecule has 0 saturated heterocycles. The normalized spacial score (nSPS) is 15.3. The van der Waals surface area contributed by atoms with Crippen LogP contribution in [0.5, 0.6) is 0 Å². The number of Topliss-reactive ketones (excluding diaryl/α,β-unsaturated/α-hetero) is 3. The number of dihydropyridines is 1. The maximum Gasteiger partial charge on any atom is 0.247 e. The van der Waals surface area contributed by atoms with E-state index >= 15 is 0 Å². The maximum absolute atomic E-state index is 11.4. The van der Waals surface area contributed by atoms with E-state index in [2.05, 4.69) is 5.32 Å². The lowest BCUT2D eigenvalue weighted by Crippen LogP contribution is -2.34. The molecule has 0 spiro atoms. The van der Waals surface area contributed by atoms with Crippen molar-refractivity contribution in [2.75, 3.05) is 0 Å². The molecule has 1 aliphatic heterocycles. The smallest absolute Gasteiger partial charge is 0.247 e. The molecule has 0 bridgehead atoms. The molecule has 1 rings (SSSR count). The summed E-state index contributed by atoms with van der Waals surface area (Å²) >= 11 is 0. The maximum atomic E-state index is 11.4. The summed E-state index contributed by atoms with van der Waals surface area (Å²) < 4.78 is 0. The zero-order valence-corrected chi connectivity index (χ0v) is 10.4. The summed E-state index contributed by atoms with van der Waals surface area (Å²) in [5.41, 5.74) is 5.40. The highest BCUT2D eigenvalue weighted by molar-refractivity contribution is 6.11. The van der Waals surface area contributed by atoms with E-state index in [1.165, 1.54) is 20.8 Å². The summed E-state index contributed by atoms with van der Waals surface area (Å²) in [6.45, 7) is 3.82. The van der Waals surface area contributed by atoms with Gasteiger partial charge in [-0.3, -0.25) is 19.2 Å². The lowest BCUT2D eigenvalue weighted by atomic mass is 9.92. The minimum absolute atomic E-state index is 0.0160. The van der Waals surface area contributed by atoms with E-state index in [1.54, 1.807) is 0 Å². The van der Waals surface area contributed by atoms with Gasteiger partial charge in [0.15, 0.2) is 17.3 Å². The Morgan fingerprint density at radius 3 is 1.67 bits per heavy atom. The Hall–Kier alpha value is -2.24. The van der Waals surface area contributed by atoms with Crippen LogP contribution in [0.3, 0.4) is 0 Å². The Morgan fingerprint density at radius 1 is 0.889 bits per heavy atom. The molecule has 96 valence electrons. The molecule has 0 aromatic carbocycles. The van der Waals surface area contributed by atoms with Gasteiger partial charge in [0.1, 0.15) is 0 Å². The van der Waals surface area contributed by atoms with Crippen LogP contribution in [0.1, 0.15) is 27.2 Å². The van der Waals surface area contributed by atoms with Crippen LogP contribution in [0, 0.1) is 0 Å². The highest BCUT2D eigenvalue weighted by Gasteiger charge is 2.29. The van der Waals surface area contributed by atoms with Crippen LogP contribution in [-0.2, 0) is 19.2 Å². The van der Waals surface area contributed by atoms with Crippen LogP contribution < -0.4 is 11.1 Å². The van der Waals surface area contributed by atoms with E-state index in [9.17, 15) is 19.2 Å².